The van der Waals surface area contributed by atoms with Crippen molar-refractivity contribution in [3.63, 3.8) is 0 Å². The minimum Gasteiger partial charge on any atom is -0.257 e. The van der Waals surface area contributed by atoms with Gasteiger partial charge in [0, 0.05) is 0 Å². The Morgan fingerprint density at radius 2 is 1.20 bits per heavy atom. The van der Waals surface area contributed by atoms with Gasteiger partial charge in [0.15, 0.2) is 6.61 Å². The quantitative estimate of drug-likeness (QED) is 0.803. The Balaban J connectivity index is 3.40. The van der Waals surface area contributed by atoms with Crippen LogP contribution < -0.4 is 0 Å². The highest BCUT2D eigenvalue weighted by Crippen LogP contribution is 2.31. The maximum Gasteiger partial charge on any atom is 0.413 e. The summed E-state index contributed by atoms with van der Waals surface area (Å²) < 4.78 is 64.6. The van der Waals surface area contributed by atoms with Crippen molar-refractivity contribution >= 4 is 10.1 Å². The first kappa shape index (κ1) is 17.0. The van der Waals surface area contributed by atoms with Crippen LogP contribution in [-0.4, -0.2) is 21.2 Å². The van der Waals surface area contributed by atoms with Crippen LogP contribution in [0, 0.1) is 34.6 Å². The predicted molar refractivity (Wildman–Crippen MR) is 69.3 cm³/mol. The van der Waals surface area contributed by atoms with Crippen molar-refractivity contribution in [3.8, 4) is 0 Å². The van der Waals surface area contributed by atoms with Crippen molar-refractivity contribution in [2.45, 2.75) is 45.7 Å². The second-order valence-electron chi connectivity index (χ2n) is 4.79. The summed E-state index contributed by atoms with van der Waals surface area (Å²) in [5, 5.41) is 0. The van der Waals surface area contributed by atoms with Crippen molar-refractivity contribution in [1.82, 2.24) is 0 Å². The average molecular weight is 310 g/mol. The molecule has 1 aromatic carbocycles. The minimum atomic E-state index is -4.69. The van der Waals surface area contributed by atoms with Gasteiger partial charge in [-0.05, 0) is 62.4 Å². The fourth-order valence-electron chi connectivity index (χ4n) is 2.04. The summed E-state index contributed by atoms with van der Waals surface area (Å²) in [5.74, 6) is 0. The summed E-state index contributed by atoms with van der Waals surface area (Å²) in [5.41, 5.74) is 3.25. The molecule has 0 spiro atoms. The highest BCUT2D eigenvalue weighted by molar-refractivity contribution is 7.86. The molecule has 7 heteroatoms. The lowest BCUT2D eigenvalue weighted by Gasteiger charge is -2.18. The van der Waals surface area contributed by atoms with Crippen LogP contribution in [0.25, 0.3) is 0 Å². The van der Waals surface area contributed by atoms with Gasteiger partial charge in [-0.15, -0.1) is 0 Å². The molecule has 0 N–H and O–H groups in total. The maximum absolute atomic E-state index is 12.1. The van der Waals surface area contributed by atoms with Crippen LogP contribution in [0.3, 0.4) is 0 Å². The molecule has 0 radical (unpaired) electrons. The van der Waals surface area contributed by atoms with E-state index in [0.29, 0.717) is 11.1 Å². The van der Waals surface area contributed by atoms with Crippen LogP contribution in [0.1, 0.15) is 27.8 Å². The van der Waals surface area contributed by atoms with Gasteiger partial charge in [0.25, 0.3) is 10.1 Å². The summed E-state index contributed by atoms with van der Waals surface area (Å²) >= 11 is 0. The lowest BCUT2D eigenvalue weighted by molar-refractivity contribution is -0.152. The Hall–Kier alpha value is -1.08. The molecule has 0 unspecified atom stereocenters. The smallest absolute Gasteiger partial charge is 0.257 e. The standard InChI is InChI=1S/C13H17F3O3S/c1-7-8(2)10(4)12(11(5)9(7)3)20(17,18)19-6-13(14,15)16/h6H2,1-5H3. The van der Waals surface area contributed by atoms with Crippen LogP contribution in [-0.2, 0) is 14.3 Å². The normalized spacial score (nSPS) is 12.8. The fraction of sp³-hybridized carbons (Fsp3) is 0.538. The minimum absolute atomic E-state index is 0.164. The number of hydrogen-bond acceptors (Lipinski definition) is 3. The molecule has 0 atom stereocenters. The summed E-state index contributed by atoms with van der Waals surface area (Å²) in [6.45, 7) is 6.63. The van der Waals surface area contributed by atoms with Gasteiger partial charge in [-0.2, -0.15) is 21.6 Å². The van der Waals surface area contributed by atoms with Gasteiger partial charge < -0.3 is 0 Å². The molecule has 0 fully saturated rings. The maximum atomic E-state index is 12.1. The molecule has 3 nitrogen and oxygen atoms in total. The highest BCUT2D eigenvalue weighted by atomic mass is 32.2. The van der Waals surface area contributed by atoms with Gasteiger partial charge >= 0.3 is 6.18 Å². The first-order valence-corrected chi connectivity index (χ1v) is 7.32. The Morgan fingerprint density at radius 1 is 0.850 bits per heavy atom. The fourth-order valence-corrected chi connectivity index (χ4v) is 3.51. The third-order valence-corrected chi connectivity index (χ3v) is 5.10. The third-order valence-electron chi connectivity index (χ3n) is 3.56. The van der Waals surface area contributed by atoms with Gasteiger partial charge in [-0.1, -0.05) is 0 Å². The van der Waals surface area contributed by atoms with E-state index in [1.165, 1.54) is 0 Å². The van der Waals surface area contributed by atoms with Crippen LogP contribution in [0.5, 0.6) is 0 Å². The van der Waals surface area contributed by atoms with Crippen LogP contribution >= 0.6 is 0 Å². The summed E-state index contributed by atoms with van der Waals surface area (Å²) in [7, 11) is -4.44. The van der Waals surface area contributed by atoms with E-state index in [1.807, 2.05) is 6.92 Å². The summed E-state index contributed by atoms with van der Waals surface area (Å²) in [6.07, 6.45) is -4.69. The molecule has 0 aliphatic carbocycles. The van der Waals surface area contributed by atoms with Gasteiger partial charge in [0.05, 0.1) is 0 Å². The van der Waals surface area contributed by atoms with Crippen LogP contribution in [0.15, 0.2) is 4.90 Å². The molecule has 0 bridgehead atoms. The number of hydrogen-bond donors (Lipinski definition) is 0. The van der Waals surface area contributed by atoms with Gasteiger partial charge in [0.1, 0.15) is 4.90 Å². The molecule has 0 saturated heterocycles. The molecule has 1 aromatic rings. The van der Waals surface area contributed by atoms with E-state index in [-0.39, 0.29) is 4.90 Å². The number of alkyl halides is 3. The second kappa shape index (κ2) is 5.37. The van der Waals surface area contributed by atoms with Crippen LogP contribution in [0.4, 0.5) is 13.2 Å². The van der Waals surface area contributed by atoms with E-state index in [4.69, 9.17) is 0 Å². The molecule has 114 valence electrons. The molecule has 0 aliphatic rings. The van der Waals surface area contributed by atoms with E-state index >= 15 is 0 Å². The van der Waals surface area contributed by atoms with Crippen molar-refractivity contribution < 1.29 is 25.8 Å². The third kappa shape index (κ3) is 3.32. The Labute approximate surface area is 116 Å². The molecular formula is C13H17F3O3S. The topological polar surface area (TPSA) is 43.4 Å². The average Bonchev–Trinajstić information content (AvgIpc) is 2.31. The lowest BCUT2D eigenvalue weighted by atomic mass is 9.95. The molecule has 1 rings (SSSR count). The summed E-state index contributed by atoms with van der Waals surface area (Å²) in [4.78, 5) is -0.164. The van der Waals surface area contributed by atoms with Crippen molar-refractivity contribution in [3.05, 3.63) is 27.8 Å². The number of rotatable bonds is 3. The molecule has 0 heterocycles. The SMILES string of the molecule is Cc1c(C)c(C)c(S(=O)(=O)OCC(F)(F)F)c(C)c1C. The first-order chi connectivity index (χ1) is 8.88. The monoisotopic (exact) mass is 310 g/mol. The Bertz CT molecular complexity index is 602. The zero-order valence-electron chi connectivity index (χ0n) is 12.0. The van der Waals surface area contributed by atoms with E-state index in [9.17, 15) is 21.6 Å². The zero-order chi connectivity index (χ0) is 15.9. The molecule has 0 aromatic heterocycles. The Morgan fingerprint density at radius 3 is 1.55 bits per heavy atom. The van der Waals surface area contributed by atoms with Gasteiger partial charge in [-0.25, -0.2) is 0 Å². The Kier molecular flexibility index (Phi) is 4.55. The van der Waals surface area contributed by atoms with Crippen molar-refractivity contribution in [2.75, 3.05) is 6.61 Å². The molecule has 0 saturated carbocycles. The lowest BCUT2D eigenvalue weighted by Crippen LogP contribution is -2.22. The largest absolute Gasteiger partial charge is 0.413 e. The van der Waals surface area contributed by atoms with Gasteiger partial charge in [-0.3, -0.25) is 4.18 Å². The van der Waals surface area contributed by atoms with E-state index in [1.54, 1.807) is 27.7 Å². The van der Waals surface area contributed by atoms with E-state index in [0.717, 1.165) is 16.7 Å². The summed E-state index contributed by atoms with van der Waals surface area (Å²) in [6, 6.07) is 0. The molecular weight excluding hydrogens is 293 g/mol. The van der Waals surface area contributed by atoms with E-state index in [2.05, 4.69) is 4.18 Å². The molecule has 20 heavy (non-hydrogen) atoms. The predicted octanol–water partition coefficient (Wildman–Crippen LogP) is 3.50. The number of benzene rings is 1. The first-order valence-electron chi connectivity index (χ1n) is 5.91. The van der Waals surface area contributed by atoms with Crippen molar-refractivity contribution in [1.29, 1.82) is 0 Å². The van der Waals surface area contributed by atoms with E-state index < -0.39 is 22.9 Å². The van der Waals surface area contributed by atoms with Gasteiger partial charge in [0.2, 0.25) is 0 Å². The van der Waals surface area contributed by atoms with Crippen LogP contribution in [0.2, 0.25) is 0 Å². The molecule has 0 aliphatic heterocycles. The van der Waals surface area contributed by atoms with Crippen molar-refractivity contribution in [2.24, 2.45) is 0 Å². The zero-order valence-corrected chi connectivity index (χ0v) is 12.8. The highest BCUT2D eigenvalue weighted by Gasteiger charge is 2.33. The second-order valence-corrected chi connectivity index (χ2v) is 6.34. The number of halogens is 3. The molecule has 0 amide bonds.